The number of ether oxygens (including phenoxy) is 1. The summed E-state index contributed by atoms with van der Waals surface area (Å²) in [4.78, 5) is 21.8. The smallest absolute Gasteiger partial charge is 0.315 e. The number of alkyl halides is 4. The summed E-state index contributed by atoms with van der Waals surface area (Å²) in [6.07, 6.45) is 0.224. The molecule has 3 nitrogen and oxygen atoms in total. The lowest BCUT2D eigenvalue weighted by Gasteiger charge is -2.03. The number of halogens is 4. The zero-order chi connectivity index (χ0) is 10.4. The van der Waals surface area contributed by atoms with Crippen molar-refractivity contribution in [2.45, 2.75) is 20.3 Å². The van der Waals surface area contributed by atoms with Crippen LogP contribution in [0.25, 0.3) is 0 Å². The molecule has 0 saturated heterocycles. The van der Waals surface area contributed by atoms with Crippen LogP contribution in [0.4, 0.5) is 0 Å². The van der Waals surface area contributed by atoms with E-state index in [2.05, 4.69) is 68.5 Å². The van der Waals surface area contributed by atoms with Crippen molar-refractivity contribution in [1.29, 1.82) is 0 Å². The summed E-state index contributed by atoms with van der Waals surface area (Å²) >= 11 is 12.4. The molecular formula is C6H6Br4O3. The summed E-state index contributed by atoms with van der Waals surface area (Å²) in [5.74, 6) is -1.10. The van der Waals surface area contributed by atoms with Crippen LogP contribution >= 0.6 is 63.7 Å². The molecule has 0 N–H and O–H groups in total. The average Bonchev–Trinajstić information content (AvgIpc) is 1.80. The molecule has 0 heterocycles. The summed E-state index contributed by atoms with van der Waals surface area (Å²) in [5.41, 5.74) is 0. The summed E-state index contributed by atoms with van der Waals surface area (Å²) in [6, 6.07) is 0. The molecule has 0 amide bonds. The maximum absolute atomic E-state index is 10.9. The molecule has 0 aliphatic rings. The molecule has 0 atom stereocenters. The lowest BCUT2D eigenvalue weighted by molar-refractivity contribution is -0.159. The second-order valence-electron chi connectivity index (χ2n) is 2.04. The van der Waals surface area contributed by atoms with Gasteiger partial charge in [0.25, 0.3) is 0 Å². The van der Waals surface area contributed by atoms with Gasteiger partial charge in [0.05, 0.1) is 20.3 Å². The SMILES string of the molecule is O=C(CC(Br)Br)OC(=O)CC(Br)Br. The molecule has 0 saturated carbocycles. The Morgan fingerprint density at radius 2 is 1.23 bits per heavy atom. The van der Waals surface area contributed by atoms with Crippen LogP contribution in [0.15, 0.2) is 0 Å². The maximum Gasteiger partial charge on any atom is 0.315 e. The Hall–Kier alpha value is 1.06. The van der Waals surface area contributed by atoms with Gasteiger partial charge in [-0.25, -0.2) is 0 Å². The Labute approximate surface area is 109 Å². The van der Waals surface area contributed by atoms with Gasteiger partial charge >= 0.3 is 11.9 Å². The van der Waals surface area contributed by atoms with E-state index in [0.717, 1.165) is 0 Å². The minimum Gasteiger partial charge on any atom is -0.393 e. The number of hydrogen-bond acceptors (Lipinski definition) is 3. The molecule has 0 spiro atoms. The third kappa shape index (κ3) is 9.37. The van der Waals surface area contributed by atoms with Crippen LogP contribution < -0.4 is 0 Å². The van der Waals surface area contributed by atoms with E-state index in [1.54, 1.807) is 0 Å². The monoisotopic (exact) mass is 442 g/mol. The standard InChI is InChI=1S/C6H6Br4O3/c7-3(8)1-5(11)13-6(12)2-4(9)10/h3-4H,1-2H2. The van der Waals surface area contributed by atoms with Crippen LogP contribution in [-0.4, -0.2) is 19.4 Å². The van der Waals surface area contributed by atoms with Gasteiger partial charge in [-0.2, -0.15) is 0 Å². The van der Waals surface area contributed by atoms with Crippen LogP contribution in [0, 0.1) is 0 Å². The first-order chi connectivity index (χ1) is 5.91. The molecule has 76 valence electrons. The minimum atomic E-state index is -0.551. The second-order valence-corrected chi connectivity index (χ2v) is 8.92. The molecule has 13 heavy (non-hydrogen) atoms. The maximum atomic E-state index is 10.9. The molecular weight excluding hydrogens is 440 g/mol. The van der Waals surface area contributed by atoms with E-state index >= 15 is 0 Å². The zero-order valence-electron chi connectivity index (χ0n) is 6.31. The Bertz CT molecular complexity index is 172. The summed E-state index contributed by atoms with van der Waals surface area (Å²) in [5, 5.41) is 0. The molecule has 0 aromatic rings. The number of carbonyl (C=O) groups is 2. The van der Waals surface area contributed by atoms with E-state index in [1.807, 2.05) is 0 Å². The van der Waals surface area contributed by atoms with Gasteiger partial charge in [0.15, 0.2) is 0 Å². The first-order valence-electron chi connectivity index (χ1n) is 3.21. The van der Waals surface area contributed by atoms with E-state index in [4.69, 9.17) is 0 Å². The molecule has 0 aromatic carbocycles. The highest BCUT2D eigenvalue weighted by Crippen LogP contribution is 2.15. The van der Waals surface area contributed by atoms with E-state index in [0.29, 0.717) is 0 Å². The van der Waals surface area contributed by atoms with Gasteiger partial charge in [0.1, 0.15) is 0 Å². The van der Waals surface area contributed by atoms with Crippen molar-refractivity contribution < 1.29 is 14.3 Å². The van der Waals surface area contributed by atoms with Gasteiger partial charge in [0.2, 0.25) is 0 Å². The van der Waals surface area contributed by atoms with Crippen LogP contribution in [0.1, 0.15) is 12.8 Å². The third-order valence-corrected chi connectivity index (χ3v) is 2.16. The number of carbonyl (C=O) groups excluding carboxylic acids is 2. The van der Waals surface area contributed by atoms with Gasteiger partial charge in [0, 0.05) is 0 Å². The molecule has 0 aliphatic heterocycles. The fourth-order valence-corrected chi connectivity index (χ4v) is 1.52. The molecule has 7 heteroatoms. The average molecular weight is 446 g/mol. The molecule has 0 aromatic heterocycles. The number of esters is 2. The third-order valence-electron chi connectivity index (χ3n) is 0.870. The first-order valence-corrected chi connectivity index (χ1v) is 6.88. The topological polar surface area (TPSA) is 43.4 Å². The number of hydrogen-bond donors (Lipinski definition) is 0. The normalized spacial score (nSPS) is 10.6. The van der Waals surface area contributed by atoms with Gasteiger partial charge in [-0.3, -0.25) is 9.59 Å². The predicted molar refractivity (Wildman–Crippen MR) is 63.6 cm³/mol. The Morgan fingerprint density at radius 1 is 0.923 bits per heavy atom. The second kappa shape index (κ2) is 7.36. The lowest BCUT2D eigenvalue weighted by atomic mass is 10.5. The van der Waals surface area contributed by atoms with Crippen LogP contribution in [0.3, 0.4) is 0 Å². The fourth-order valence-electron chi connectivity index (χ4n) is 0.462. The summed E-state index contributed by atoms with van der Waals surface area (Å²) in [6.45, 7) is 0. The van der Waals surface area contributed by atoms with Gasteiger partial charge in [-0.05, 0) is 0 Å². The lowest BCUT2D eigenvalue weighted by Crippen LogP contribution is -2.15. The minimum absolute atomic E-state index is 0.112. The molecule has 0 aliphatic carbocycles. The van der Waals surface area contributed by atoms with Gasteiger partial charge in [-0.1, -0.05) is 63.7 Å². The molecule has 0 fully saturated rings. The van der Waals surface area contributed by atoms with Crippen molar-refractivity contribution in [3.05, 3.63) is 0 Å². The quantitative estimate of drug-likeness (QED) is 0.379. The summed E-state index contributed by atoms with van der Waals surface area (Å²) in [7, 11) is 0. The largest absolute Gasteiger partial charge is 0.393 e. The van der Waals surface area contributed by atoms with Crippen LogP contribution in [0.5, 0.6) is 0 Å². The first kappa shape index (κ1) is 14.1. The molecule has 0 bridgehead atoms. The Balaban J connectivity index is 3.72. The van der Waals surface area contributed by atoms with E-state index in [9.17, 15) is 9.59 Å². The van der Waals surface area contributed by atoms with Crippen LogP contribution in [0.2, 0.25) is 0 Å². The van der Waals surface area contributed by atoms with Crippen molar-refractivity contribution in [2.75, 3.05) is 0 Å². The van der Waals surface area contributed by atoms with Crippen molar-refractivity contribution in [1.82, 2.24) is 0 Å². The van der Waals surface area contributed by atoms with E-state index in [-0.39, 0.29) is 20.3 Å². The Kier molecular flexibility index (Phi) is 7.97. The Morgan fingerprint density at radius 3 is 1.46 bits per heavy atom. The van der Waals surface area contributed by atoms with E-state index < -0.39 is 11.9 Å². The van der Waals surface area contributed by atoms with Crippen molar-refractivity contribution >= 4 is 75.7 Å². The highest BCUT2D eigenvalue weighted by Gasteiger charge is 2.15. The summed E-state index contributed by atoms with van der Waals surface area (Å²) < 4.78 is 4.15. The molecule has 0 unspecified atom stereocenters. The van der Waals surface area contributed by atoms with Crippen molar-refractivity contribution in [2.24, 2.45) is 0 Å². The van der Waals surface area contributed by atoms with Gasteiger partial charge < -0.3 is 4.74 Å². The van der Waals surface area contributed by atoms with E-state index in [1.165, 1.54) is 0 Å². The molecule has 0 rings (SSSR count). The predicted octanol–water partition coefficient (Wildman–Crippen LogP) is 3.07. The fraction of sp³-hybridized carbons (Fsp3) is 0.667. The molecule has 0 radical (unpaired) electrons. The van der Waals surface area contributed by atoms with Crippen molar-refractivity contribution in [3.63, 3.8) is 0 Å². The van der Waals surface area contributed by atoms with Crippen LogP contribution in [-0.2, 0) is 14.3 Å². The zero-order valence-corrected chi connectivity index (χ0v) is 12.6. The van der Waals surface area contributed by atoms with Gasteiger partial charge in [-0.15, -0.1) is 0 Å². The highest BCUT2D eigenvalue weighted by molar-refractivity contribution is 9.25. The number of rotatable bonds is 4. The van der Waals surface area contributed by atoms with Crippen molar-refractivity contribution in [3.8, 4) is 0 Å². The highest BCUT2D eigenvalue weighted by atomic mass is 79.9.